The van der Waals surface area contributed by atoms with E-state index in [-0.39, 0.29) is 17.5 Å². The number of pyridine rings is 1. The van der Waals surface area contributed by atoms with Gasteiger partial charge in [0.15, 0.2) is 15.9 Å². The lowest BCUT2D eigenvalue weighted by Crippen LogP contribution is -2.44. The molecule has 2 aromatic rings. The molecular weight excluding hydrogens is 392 g/mol. The van der Waals surface area contributed by atoms with Crippen LogP contribution in [0.3, 0.4) is 0 Å². The first-order chi connectivity index (χ1) is 13.7. The number of carbonyl (C=O) groups excluding carboxylic acids is 2. The number of hydrogen-bond donors (Lipinski definition) is 0. The SMILES string of the molecule is C[C@@H](OC(=O)c1cc(C2CC2)nc2ccccc12)C(=O)N(C)[C@H]1CCS(=O)(=O)C1. The topological polar surface area (TPSA) is 93.6 Å². The van der Waals surface area contributed by atoms with E-state index in [4.69, 9.17) is 4.74 Å². The van der Waals surface area contributed by atoms with Crippen molar-refractivity contribution in [3.05, 3.63) is 41.6 Å². The number of ether oxygens (including phenoxy) is 1. The van der Waals surface area contributed by atoms with Crippen LogP contribution in [0, 0.1) is 0 Å². The largest absolute Gasteiger partial charge is 0.449 e. The van der Waals surface area contributed by atoms with Crippen LogP contribution in [0.4, 0.5) is 0 Å². The zero-order valence-corrected chi connectivity index (χ0v) is 17.3. The van der Waals surface area contributed by atoms with Gasteiger partial charge in [0, 0.05) is 30.1 Å². The van der Waals surface area contributed by atoms with E-state index >= 15 is 0 Å². The molecule has 2 heterocycles. The van der Waals surface area contributed by atoms with Crippen molar-refractivity contribution in [2.45, 2.75) is 44.2 Å². The molecule has 0 unspecified atom stereocenters. The quantitative estimate of drug-likeness (QED) is 0.695. The molecule has 2 aliphatic rings. The van der Waals surface area contributed by atoms with E-state index in [2.05, 4.69) is 4.98 Å². The number of sulfone groups is 1. The average Bonchev–Trinajstić information content (AvgIpc) is 3.48. The molecule has 0 N–H and O–H groups in total. The smallest absolute Gasteiger partial charge is 0.339 e. The molecule has 1 aromatic carbocycles. The molecule has 1 aromatic heterocycles. The van der Waals surface area contributed by atoms with Gasteiger partial charge in [-0.15, -0.1) is 0 Å². The third-order valence-electron chi connectivity index (χ3n) is 5.69. The summed E-state index contributed by atoms with van der Waals surface area (Å²) in [7, 11) is -1.54. The molecule has 4 rings (SSSR count). The number of nitrogens with zero attached hydrogens (tertiary/aromatic N) is 2. The summed E-state index contributed by atoms with van der Waals surface area (Å²) in [5.41, 5.74) is 2.02. The van der Waals surface area contributed by atoms with Crippen LogP contribution in [-0.4, -0.2) is 60.9 Å². The lowest BCUT2D eigenvalue weighted by molar-refractivity contribution is -0.140. The maximum absolute atomic E-state index is 12.9. The second-order valence-corrected chi connectivity index (χ2v) is 10.2. The van der Waals surface area contributed by atoms with Crippen LogP contribution in [0.2, 0.25) is 0 Å². The summed E-state index contributed by atoms with van der Waals surface area (Å²) in [6.45, 7) is 1.52. The number of carbonyl (C=O) groups is 2. The number of benzene rings is 1. The molecule has 1 amide bonds. The molecule has 1 aliphatic carbocycles. The van der Waals surface area contributed by atoms with Crippen LogP contribution in [0.15, 0.2) is 30.3 Å². The minimum atomic E-state index is -3.11. The van der Waals surface area contributed by atoms with Crippen molar-refractivity contribution in [2.24, 2.45) is 0 Å². The van der Waals surface area contributed by atoms with Gasteiger partial charge in [-0.3, -0.25) is 9.78 Å². The van der Waals surface area contributed by atoms with Crippen LogP contribution < -0.4 is 0 Å². The molecule has 7 nitrogen and oxygen atoms in total. The summed E-state index contributed by atoms with van der Waals surface area (Å²) in [6.07, 6.45) is 1.52. The number of para-hydroxylation sites is 1. The molecule has 2 fully saturated rings. The predicted octanol–water partition coefficient (Wildman–Crippen LogP) is 2.30. The van der Waals surface area contributed by atoms with Crippen molar-refractivity contribution < 1.29 is 22.7 Å². The minimum Gasteiger partial charge on any atom is -0.449 e. The molecule has 1 saturated carbocycles. The zero-order valence-electron chi connectivity index (χ0n) is 16.5. The zero-order chi connectivity index (χ0) is 20.8. The summed E-state index contributed by atoms with van der Waals surface area (Å²) in [5, 5.41) is 0.691. The monoisotopic (exact) mass is 416 g/mol. The number of amides is 1. The average molecular weight is 416 g/mol. The number of esters is 1. The van der Waals surface area contributed by atoms with E-state index in [1.807, 2.05) is 24.3 Å². The number of aromatic nitrogens is 1. The van der Waals surface area contributed by atoms with Crippen molar-refractivity contribution in [2.75, 3.05) is 18.6 Å². The number of likely N-dealkylation sites (N-methyl/N-ethyl adjacent to an activating group) is 1. The van der Waals surface area contributed by atoms with Gasteiger partial charge in [-0.05, 0) is 38.3 Å². The Morgan fingerprint density at radius 3 is 2.59 bits per heavy atom. The van der Waals surface area contributed by atoms with Gasteiger partial charge in [0.25, 0.3) is 5.91 Å². The molecular formula is C21H24N2O5S. The fraction of sp³-hybridized carbons (Fsp3) is 0.476. The number of rotatable bonds is 5. The van der Waals surface area contributed by atoms with Gasteiger partial charge in [-0.1, -0.05) is 18.2 Å². The first-order valence-corrected chi connectivity index (χ1v) is 11.6. The fourth-order valence-electron chi connectivity index (χ4n) is 3.78. The summed E-state index contributed by atoms with van der Waals surface area (Å²) >= 11 is 0. The van der Waals surface area contributed by atoms with E-state index < -0.39 is 27.8 Å². The van der Waals surface area contributed by atoms with Gasteiger partial charge < -0.3 is 9.64 Å². The summed E-state index contributed by atoms with van der Waals surface area (Å²) < 4.78 is 28.9. The van der Waals surface area contributed by atoms with Gasteiger partial charge in [0.05, 0.1) is 22.6 Å². The van der Waals surface area contributed by atoms with Crippen molar-refractivity contribution >= 4 is 32.6 Å². The molecule has 29 heavy (non-hydrogen) atoms. The first kappa shape index (κ1) is 19.8. The van der Waals surface area contributed by atoms with Crippen molar-refractivity contribution in [1.29, 1.82) is 0 Å². The molecule has 0 spiro atoms. The third-order valence-corrected chi connectivity index (χ3v) is 7.44. The Hall–Kier alpha value is -2.48. The molecule has 0 radical (unpaired) electrons. The maximum Gasteiger partial charge on any atom is 0.339 e. The van der Waals surface area contributed by atoms with Gasteiger partial charge in [0.2, 0.25) is 0 Å². The van der Waals surface area contributed by atoms with E-state index in [1.54, 1.807) is 13.1 Å². The van der Waals surface area contributed by atoms with Crippen LogP contribution in [0.5, 0.6) is 0 Å². The second-order valence-electron chi connectivity index (χ2n) is 7.94. The highest BCUT2D eigenvalue weighted by molar-refractivity contribution is 7.91. The lowest BCUT2D eigenvalue weighted by atomic mass is 10.1. The molecule has 0 bridgehead atoms. The molecule has 2 atom stereocenters. The normalized spacial score (nSPS) is 21.7. The summed E-state index contributed by atoms with van der Waals surface area (Å²) in [6, 6.07) is 8.78. The molecule has 1 aliphatic heterocycles. The number of hydrogen-bond acceptors (Lipinski definition) is 6. The van der Waals surface area contributed by atoms with Gasteiger partial charge >= 0.3 is 5.97 Å². The Balaban J connectivity index is 1.52. The molecule has 1 saturated heterocycles. The molecule has 154 valence electrons. The van der Waals surface area contributed by atoms with Crippen LogP contribution >= 0.6 is 0 Å². The van der Waals surface area contributed by atoms with Crippen LogP contribution in [0.1, 0.15) is 48.2 Å². The predicted molar refractivity (Wildman–Crippen MR) is 108 cm³/mol. The van der Waals surface area contributed by atoms with Crippen LogP contribution in [-0.2, 0) is 19.4 Å². The minimum absolute atomic E-state index is 0.0460. The lowest BCUT2D eigenvalue weighted by Gasteiger charge is -2.26. The van der Waals surface area contributed by atoms with Crippen molar-refractivity contribution in [3.8, 4) is 0 Å². The summed E-state index contributed by atoms with van der Waals surface area (Å²) in [5.74, 6) is -0.563. The highest BCUT2D eigenvalue weighted by Gasteiger charge is 2.35. The Kier molecular flexibility index (Phi) is 5.06. The van der Waals surface area contributed by atoms with Gasteiger partial charge in [0.1, 0.15) is 0 Å². The summed E-state index contributed by atoms with van der Waals surface area (Å²) in [4.78, 5) is 31.6. The van der Waals surface area contributed by atoms with Crippen LogP contribution in [0.25, 0.3) is 10.9 Å². The Bertz CT molecular complexity index is 1080. The first-order valence-electron chi connectivity index (χ1n) is 9.83. The second kappa shape index (κ2) is 7.40. The maximum atomic E-state index is 12.9. The Morgan fingerprint density at radius 1 is 1.21 bits per heavy atom. The molecule has 8 heteroatoms. The standard InChI is InChI=1S/C21H24N2O5S/c1-13(20(24)23(2)15-9-10-29(26,27)12-15)28-21(25)17-11-19(14-7-8-14)22-18-6-4-3-5-16(17)18/h3-6,11,13-15H,7-10,12H2,1-2H3/t13-,15+/m1/s1. The van der Waals surface area contributed by atoms with Crippen molar-refractivity contribution in [1.82, 2.24) is 9.88 Å². The van der Waals surface area contributed by atoms with E-state index in [0.717, 1.165) is 24.1 Å². The van der Waals surface area contributed by atoms with E-state index in [9.17, 15) is 18.0 Å². The van der Waals surface area contributed by atoms with Gasteiger partial charge in [-0.25, -0.2) is 13.2 Å². The number of fused-ring (bicyclic) bond motifs is 1. The fourth-order valence-corrected chi connectivity index (χ4v) is 5.55. The highest BCUT2D eigenvalue weighted by Crippen LogP contribution is 2.40. The Labute approximate surface area is 170 Å². The highest BCUT2D eigenvalue weighted by atomic mass is 32.2. The van der Waals surface area contributed by atoms with Crippen molar-refractivity contribution in [3.63, 3.8) is 0 Å². The van der Waals surface area contributed by atoms with Gasteiger partial charge in [-0.2, -0.15) is 0 Å². The Morgan fingerprint density at radius 2 is 1.93 bits per heavy atom. The van der Waals surface area contributed by atoms with E-state index in [0.29, 0.717) is 23.3 Å². The third kappa shape index (κ3) is 4.12. The van der Waals surface area contributed by atoms with E-state index in [1.165, 1.54) is 11.8 Å².